The SMILES string of the molecule is C[C@]12C=CC(=O)C=C1CC[C@@H]1[C@@H]2CC[C@]2(C)[C@@H](O)C[C@H]3C[C@@]312. The molecule has 0 aliphatic heterocycles. The fraction of sp³-hybridized carbons (Fsp3) is 0.750. The molecule has 5 rings (SSSR count). The lowest BCUT2D eigenvalue weighted by molar-refractivity contribution is -0.111. The summed E-state index contributed by atoms with van der Waals surface area (Å²) in [6, 6.07) is 0. The smallest absolute Gasteiger partial charge is 0.178 e. The van der Waals surface area contributed by atoms with Crippen molar-refractivity contribution in [3.8, 4) is 0 Å². The number of ketones is 1. The van der Waals surface area contributed by atoms with Gasteiger partial charge >= 0.3 is 0 Å². The highest BCUT2D eigenvalue weighted by Gasteiger charge is 2.77. The minimum absolute atomic E-state index is 0.0829. The number of hydrogen-bond acceptors (Lipinski definition) is 2. The molecule has 1 N–H and O–H groups in total. The van der Waals surface area contributed by atoms with Crippen LogP contribution in [0.15, 0.2) is 23.8 Å². The first kappa shape index (κ1) is 13.5. The summed E-state index contributed by atoms with van der Waals surface area (Å²) in [7, 11) is 0. The molecule has 4 saturated carbocycles. The molecule has 7 atom stereocenters. The van der Waals surface area contributed by atoms with E-state index in [0.717, 1.165) is 31.1 Å². The Labute approximate surface area is 132 Å². The van der Waals surface area contributed by atoms with E-state index in [1.807, 2.05) is 6.08 Å². The molecule has 2 heteroatoms. The summed E-state index contributed by atoms with van der Waals surface area (Å²) >= 11 is 0. The summed E-state index contributed by atoms with van der Waals surface area (Å²) in [5, 5.41) is 10.6. The Morgan fingerprint density at radius 3 is 2.86 bits per heavy atom. The summed E-state index contributed by atoms with van der Waals surface area (Å²) in [4.78, 5) is 11.8. The molecule has 0 bridgehead atoms. The molecular formula is C20H26O2. The van der Waals surface area contributed by atoms with Crippen LogP contribution >= 0.6 is 0 Å². The molecule has 4 fully saturated rings. The van der Waals surface area contributed by atoms with Gasteiger partial charge in [-0.1, -0.05) is 25.5 Å². The maximum absolute atomic E-state index is 11.8. The molecular weight excluding hydrogens is 272 g/mol. The van der Waals surface area contributed by atoms with E-state index in [2.05, 4.69) is 19.9 Å². The van der Waals surface area contributed by atoms with Crippen LogP contribution in [0, 0.1) is 34.0 Å². The topological polar surface area (TPSA) is 37.3 Å². The van der Waals surface area contributed by atoms with Gasteiger partial charge in [0.15, 0.2) is 5.78 Å². The first-order valence-corrected chi connectivity index (χ1v) is 9.04. The van der Waals surface area contributed by atoms with Crippen LogP contribution in [0.1, 0.15) is 52.4 Å². The van der Waals surface area contributed by atoms with E-state index in [-0.39, 0.29) is 22.7 Å². The molecule has 0 aromatic rings. The van der Waals surface area contributed by atoms with Crippen molar-refractivity contribution in [2.24, 2.45) is 34.0 Å². The number of aliphatic hydroxyl groups is 1. The van der Waals surface area contributed by atoms with Gasteiger partial charge in [0, 0.05) is 5.41 Å². The largest absolute Gasteiger partial charge is 0.393 e. The summed E-state index contributed by atoms with van der Waals surface area (Å²) in [5.74, 6) is 2.35. The first-order valence-electron chi connectivity index (χ1n) is 9.04. The first-order chi connectivity index (χ1) is 10.4. The highest BCUT2D eigenvalue weighted by Crippen LogP contribution is 2.82. The molecule has 0 unspecified atom stereocenters. The average Bonchev–Trinajstić information content (AvgIpc) is 3.13. The Kier molecular flexibility index (Phi) is 2.32. The van der Waals surface area contributed by atoms with Crippen molar-refractivity contribution < 1.29 is 9.90 Å². The van der Waals surface area contributed by atoms with Crippen molar-refractivity contribution in [3.05, 3.63) is 23.8 Å². The lowest BCUT2D eigenvalue weighted by atomic mass is 9.46. The number of rotatable bonds is 0. The van der Waals surface area contributed by atoms with Crippen molar-refractivity contribution in [3.63, 3.8) is 0 Å². The van der Waals surface area contributed by atoms with Gasteiger partial charge in [0.2, 0.25) is 0 Å². The van der Waals surface area contributed by atoms with Gasteiger partial charge in [0.25, 0.3) is 0 Å². The van der Waals surface area contributed by atoms with Crippen molar-refractivity contribution in [1.82, 2.24) is 0 Å². The van der Waals surface area contributed by atoms with Crippen LogP contribution in [0.4, 0.5) is 0 Å². The van der Waals surface area contributed by atoms with Crippen LogP contribution in [-0.4, -0.2) is 17.0 Å². The third-order valence-corrected chi connectivity index (χ3v) is 8.68. The van der Waals surface area contributed by atoms with Crippen LogP contribution in [0.5, 0.6) is 0 Å². The van der Waals surface area contributed by atoms with E-state index >= 15 is 0 Å². The van der Waals surface area contributed by atoms with Crippen molar-refractivity contribution in [2.45, 2.75) is 58.5 Å². The second-order valence-electron chi connectivity index (χ2n) is 9.09. The Morgan fingerprint density at radius 2 is 2.05 bits per heavy atom. The molecule has 5 aliphatic rings. The Hall–Kier alpha value is -0.890. The quantitative estimate of drug-likeness (QED) is 0.741. The number of aliphatic hydroxyl groups excluding tert-OH is 1. The highest BCUT2D eigenvalue weighted by molar-refractivity contribution is 6.01. The monoisotopic (exact) mass is 298 g/mol. The second kappa shape index (κ2) is 3.77. The van der Waals surface area contributed by atoms with Crippen molar-refractivity contribution in [2.75, 3.05) is 0 Å². The molecule has 0 heterocycles. The molecule has 118 valence electrons. The van der Waals surface area contributed by atoms with Crippen LogP contribution in [-0.2, 0) is 4.79 Å². The predicted molar refractivity (Wildman–Crippen MR) is 85.1 cm³/mol. The summed E-state index contributed by atoms with van der Waals surface area (Å²) < 4.78 is 0. The van der Waals surface area contributed by atoms with E-state index in [9.17, 15) is 9.90 Å². The van der Waals surface area contributed by atoms with Gasteiger partial charge in [-0.15, -0.1) is 0 Å². The Bertz CT molecular complexity index is 632. The van der Waals surface area contributed by atoms with Gasteiger partial charge in [-0.25, -0.2) is 0 Å². The number of allylic oxidation sites excluding steroid dienone is 4. The highest BCUT2D eigenvalue weighted by atomic mass is 16.3. The van der Waals surface area contributed by atoms with E-state index < -0.39 is 0 Å². The molecule has 0 amide bonds. The van der Waals surface area contributed by atoms with Crippen LogP contribution in [0.3, 0.4) is 0 Å². The average molecular weight is 298 g/mol. The predicted octanol–water partition coefficient (Wildman–Crippen LogP) is 3.66. The summed E-state index contributed by atoms with van der Waals surface area (Å²) in [5.41, 5.74) is 2.04. The molecule has 22 heavy (non-hydrogen) atoms. The zero-order valence-electron chi connectivity index (χ0n) is 13.6. The third kappa shape index (κ3) is 1.28. The maximum atomic E-state index is 11.8. The lowest BCUT2D eigenvalue weighted by Gasteiger charge is -2.58. The van der Waals surface area contributed by atoms with E-state index in [4.69, 9.17) is 0 Å². The van der Waals surface area contributed by atoms with Gasteiger partial charge in [-0.05, 0) is 79.3 Å². The Morgan fingerprint density at radius 1 is 1.23 bits per heavy atom. The summed E-state index contributed by atoms with van der Waals surface area (Å²) in [6.45, 7) is 4.73. The standard InChI is InChI=1S/C20H26O2/c1-18-7-5-14(21)9-12(18)3-4-16-15(18)6-8-19(2)17(22)10-13-11-20(13,16)19/h5,7,9,13,15-17,22H,3-4,6,8,10-11H2,1-2H3/t13-,15-,16+,17-,18-,19+,20+/m0/s1. The zero-order chi connectivity index (χ0) is 15.3. The molecule has 1 spiro atoms. The van der Waals surface area contributed by atoms with E-state index in [0.29, 0.717) is 11.3 Å². The zero-order valence-corrected chi connectivity index (χ0v) is 13.6. The van der Waals surface area contributed by atoms with Gasteiger partial charge in [0.05, 0.1) is 6.10 Å². The van der Waals surface area contributed by atoms with Crippen molar-refractivity contribution in [1.29, 1.82) is 0 Å². The lowest BCUT2D eigenvalue weighted by Crippen LogP contribution is -2.53. The Balaban J connectivity index is 1.58. The normalized spacial score (nSPS) is 58.3. The van der Waals surface area contributed by atoms with Crippen LogP contribution in [0.25, 0.3) is 0 Å². The van der Waals surface area contributed by atoms with Gasteiger partial charge in [0.1, 0.15) is 0 Å². The second-order valence-corrected chi connectivity index (χ2v) is 9.09. The third-order valence-electron chi connectivity index (χ3n) is 8.68. The molecule has 5 aliphatic carbocycles. The van der Waals surface area contributed by atoms with Gasteiger partial charge in [-0.3, -0.25) is 4.79 Å². The molecule has 0 aromatic heterocycles. The van der Waals surface area contributed by atoms with Crippen LogP contribution < -0.4 is 0 Å². The van der Waals surface area contributed by atoms with E-state index in [1.54, 1.807) is 6.08 Å². The van der Waals surface area contributed by atoms with Gasteiger partial charge < -0.3 is 5.11 Å². The molecule has 0 aromatic carbocycles. The number of carbonyl (C=O) groups excluding carboxylic acids is 1. The number of fused-ring (bicyclic) bond motifs is 3. The maximum Gasteiger partial charge on any atom is 0.178 e. The minimum Gasteiger partial charge on any atom is -0.393 e. The van der Waals surface area contributed by atoms with E-state index in [1.165, 1.54) is 24.8 Å². The van der Waals surface area contributed by atoms with Crippen molar-refractivity contribution >= 4 is 5.78 Å². The summed E-state index contributed by atoms with van der Waals surface area (Å²) in [6.07, 6.45) is 12.9. The van der Waals surface area contributed by atoms with Crippen LogP contribution in [0.2, 0.25) is 0 Å². The fourth-order valence-corrected chi connectivity index (χ4v) is 7.40. The number of hydrogen-bond donors (Lipinski definition) is 1. The minimum atomic E-state index is -0.0829. The molecule has 0 saturated heterocycles. The molecule has 0 radical (unpaired) electrons. The molecule has 2 nitrogen and oxygen atoms in total. The fourth-order valence-electron chi connectivity index (χ4n) is 7.40. The van der Waals surface area contributed by atoms with Gasteiger partial charge in [-0.2, -0.15) is 0 Å². The number of carbonyl (C=O) groups is 1.